The molecule has 1 amide bonds. The van der Waals surface area contributed by atoms with Gasteiger partial charge in [0.1, 0.15) is 5.75 Å². The Morgan fingerprint density at radius 3 is 3.00 bits per heavy atom. The van der Waals surface area contributed by atoms with Crippen LogP contribution in [0.25, 0.3) is 0 Å². The summed E-state index contributed by atoms with van der Waals surface area (Å²) in [5, 5.41) is 0.737. The summed E-state index contributed by atoms with van der Waals surface area (Å²) in [5.41, 5.74) is 0.672. The summed E-state index contributed by atoms with van der Waals surface area (Å²) in [6, 6.07) is 7.41. The average Bonchev–Trinajstić information content (AvgIpc) is 2.51. The summed E-state index contributed by atoms with van der Waals surface area (Å²) in [4.78, 5) is 14.5. The molecule has 1 aliphatic heterocycles. The molecule has 0 aliphatic carbocycles. The Labute approximate surface area is 134 Å². The minimum atomic E-state index is 0.0399. The van der Waals surface area contributed by atoms with Gasteiger partial charge >= 0.3 is 0 Å². The first kappa shape index (κ1) is 16.3. The molecular formula is C16H22BrNO3. The predicted octanol–water partition coefficient (Wildman–Crippen LogP) is 3.10. The van der Waals surface area contributed by atoms with Gasteiger partial charge in [-0.3, -0.25) is 4.79 Å². The van der Waals surface area contributed by atoms with Crippen molar-refractivity contribution < 1.29 is 14.3 Å². The Balaban J connectivity index is 2.08. The van der Waals surface area contributed by atoms with Crippen molar-refractivity contribution in [3.63, 3.8) is 0 Å². The average molecular weight is 356 g/mol. The first-order chi connectivity index (χ1) is 10.1. The van der Waals surface area contributed by atoms with Crippen LogP contribution < -0.4 is 4.74 Å². The minimum Gasteiger partial charge on any atom is -0.494 e. The maximum absolute atomic E-state index is 12.6. The topological polar surface area (TPSA) is 38.8 Å². The second-order valence-corrected chi connectivity index (χ2v) is 5.96. The van der Waals surface area contributed by atoms with Gasteiger partial charge in [0.05, 0.1) is 18.8 Å². The van der Waals surface area contributed by atoms with Gasteiger partial charge in [0, 0.05) is 24.0 Å². The van der Waals surface area contributed by atoms with Crippen LogP contribution in [0, 0.1) is 0 Å². The lowest BCUT2D eigenvalue weighted by atomic mass is 10.1. The molecule has 4 nitrogen and oxygen atoms in total. The van der Waals surface area contributed by atoms with Crippen molar-refractivity contribution in [3.05, 3.63) is 29.8 Å². The van der Waals surface area contributed by atoms with Crippen LogP contribution in [0.3, 0.4) is 0 Å². The molecule has 0 radical (unpaired) electrons. The second-order valence-electron chi connectivity index (χ2n) is 5.31. The maximum Gasteiger partial charge on any atom is 0.254 e. The number of benzene rings is 1. The highest BCUT2D eigenvalue weighted by Crippen LogP contribution is 2.19. The Kier molecular flexibility index (Phi) is 6.06. The third-order valence-electron chi connectivity index (χ3n) is 3.34. The van der Waals surface area contributed by atoms with Gasteiger partial charge in [-0.15, -0.1) is 0 Å². The zero-order valence-electron chi connectivity index (χ0n) is 12.5. The largest absolute Gasteiger partial charge is 0.494 e. The summed E-state index contributed by atoms with van der Waals surface area (Å²) >= 11 is 3.43. The lowest BCUT2D eigenvalue weighted by molar-refractivity contribution is -0.0559. The van der Waals surface area contributed by atoms with Crippen LogP contribution in [0.15, 0.2) is 24.3 Å². The molecule has 2 atom stereocenters. The quantitative estimate of drug-likeness (QED) is 0.761. The van der Waals surface area contributed by atoms with E-state index in [1.54, 1.807) is 0 Å². The van der Waals surface area contributed by atoms with E-state index in [2.05, 4.69) is 22.9 Å². The molecule has 1 aromatic carbocycles. The Morgan fingerprint density at radius 1 is 1.48 bits per heavy atom. The van der Waals surface area contributed by atoms with E-state index in [1.807, 2.05) is 36.1 Å². The number of ether oxygens (including phenoxy) is 2. The van der Waals surface area contributed by atoms with Crippen molar-refractivity contribution in [1.29, 1.82) is 0 Å². The van der Waals surface area contributed by atoms with Crippen LogP contribution in [0.1, 0.15) is 30.6 Å². The normalized spacial score (nSPS) is 22.1. The third-order valence-corrected chi connectivity index (χ3v) is 4.06. The van der Waals surface area contributed by atoms with Crippen molar-refractivity contribution in [2.75, 3.05) is 25.0 Å². The van der Waals surface area contributed by atoms with E-state index in [1.165, 1.54) is 0 Å². The summed E-state index contributed by atoms with van der Waals surface area (Å²) in [6.45, 7) is 5.97. The highest BCUT2D eigenvalue weighted by atomic mass is 79.9. The summed E-state index contributed by atoms with van der Waals surface area (Å²) in [6.07, 6.45) is 1.06. The van der Waals surface area contributed by atoms with Crippen molar-refractivity contribution >= 4 is 21.8 Å². The minimum absolute atomic E-state index is 0.0399. The smallest absolute Gasteiger partial charge is 0.254 e. The fourth-order valence-electron chi connectivity index (χ4n) is 2.42. The van der Waals surface area contributed by atoms with E-state index < -0.39 is 0 Å². The number of nitrogens with zero attached hydrogens (tertiary/aromatic N) is 1. The van der Waals surface area contributed by atoms with Gasteiger partial charge in [0.15, 0.2) is 0 Å². The van der Waals surface area contributed by atoms with Crippen LogP contribution in [0.5, 0.6) is 5.75 Å². The molecule has 1 heterocycles. The number of amides is 1. The van der Waals surface area contributed by atoms with Gasteiger partial charge in [-0.25, -0.2) is 0 Å². The molecule has 1 fully saturated rings. The van der Waals surface area contributed by atoms with Crippen LogP contribution >= 0.6 is 15.9 Å². The van der Waals surface area contributed by atoms with Crippen LogP contribution in [-0.4, -0.2) is 48.0 Å². The molecule has 2 rings (SSSR count). The highest BCUT2D eigenvalue weighted by molar-refractivity contribution is 9.09. The number of halogens is 1. The lowest BCUT2D eigenvalue weighted by Crippen LogP contribution is -2.49. The Hall–Kier alpha value is -1.07. The number of carbonyl (C=O) groups is 1. The van der Waals surface area contributed by atoms with E-state index >= 15 is 0 Å². The molecule has 21 heavy (non-hydrogen) atoms. The molecule has 0 N–H and O–H groups in total. The fraction of sp³-hybridized carbons (Fsp3) is 0.562. The van der Waals surface area contributed by atoms with Gasteiger partial charge in [-0.1, -0.05) is 28.9 Å². The fourth-order valence-corrected chi connectivity index (χ4v) is 2.78. The van der Waals surface area contributed by atoms with Gasteiger partial charge in [-0.2, -0.15) is 0 Å². The lowest BCUT2D eigenvalue weighted by Gasteiger charge is -2.36. The number of hydrogen-bond acceptors (Lipinski definition) is 3. The monoisotopic (exact) mass is 355 g/mol. The molecule has 0 saturated carbocycles. The van der Waals surface area contributed by atoms with Crippen LogP contribution in [-0.2, 0) is 4.74 Å². The van der Waals surface area contributed by atoms with Crippen molar-refractivity contribution in [1.82, 2.24) is 4.90 Å². The number of alkyl halides is 1. The van der Waals surface area contributed by atoms with Crippen molar-refractivity contribution in [2.24, 2.45) is 0 Å². The van der Waals surface area contributed by atoms with Gasteiger partial charge in [0.2, 0.25) is 0 Å². The predicted molar refractivity (Wildman–Crippen MR) is 86.3 cm³/mol. The van der Waals surface area contributed by atoms with Crippen LogP contribution in [0.2, 0.25) is 0 Å². The summed E-state index contributed by atoms with van der Waals surface area (Å²) in [7, 11) is 0. The standard InChI is InChI=1S/C16H22BrNO3/c1-3-7-20-14-6-4-5-13(8-14)16(19)18-10-12(2)21-15(9-17)11-18/h4-6,8,12,15H,3,7,9-11H2,1-2H3. The molecule has 0 spiro atoms. The summed E-state index contributed by atoms with van der Waals surface area (Å²) in [5.74, 6) is 0.791. The number of carbonyl (C=O) groups excluding carboxylic acids is 1. The zero-order valence-corrected chi connectivity index (χ0v) is 14.1. The third kappa shape index (κ3) is 4.45. The van der Waals surface area contributed by atoms with Gasteiger partial charge < -0.3 is 14.4 Å². The molecule has 0 bridgehead atoms. The highest BCUT2D eigenvalue weighted by Gasteiger charge is 2.28. The molecule has 1 aromatic rings. The van der Waals surface area contributed by atoms with E-state index in [9.17, 15) is 4.79 Å². The Morgan fingerprint density at radius 2 is 2.29 bits per heavy atom. The molecule has 1 aliphatic rings. The zero-order chi connectivity index (χ0) is 15.2. The van der Waals surface area contributed by atoms with E-state index in [0.29, 0.717) is 25.3 Å². The van der Waals surface area contributed by atoms with E-state index in [4.69, 9.17) is 9.47 Å². The van der Waals surface area contributed by atoms with Crippen molar-refractivity contribution in [2.45, 2.75) is 32.5 Å². The molecule has 1 saturated heterocycles. The number of rotatable bonds is 5. The Bertz CT molecular complexity index is 480. The van der Waals surface area contributed by atoms with Crippen molar-refractivity contribution in [3.8, 4) is 5.75 Å². The first-order valence-corrected chi connectivity index (χ1v) is 8.49. The number of morpholine rings is 1. The van der Waals surface area contributed by atoms with E-state index in [0.717, 1.165) is 17.5 Å². The summed E-state index contributed by atoms with van der Waals surface area (Å²) < 4.78 is 11.4. The van der Waals surface area contributed by atoms with Gasteiger partial charge in [0.25, 0.3) is 5.91 Å². The molecule has 5 heteroatoms. The first-order valence-electron chi connectivity index (χ1n) is 7.37. The SMILES string of the molecule is CCCOc1cccc(C(=O)N2CC(C)OC(CBr)C2)c1. The maximum atomic E-state index is 12.6. The van der Waals surface area contributed by atoms with Gasteiger partial charge in [-0.05, 0) is 31.5 Å². The van der Waals surface area contributed by atoms with E-state index in [-0.39, 0.29) is 18.1 Å². The molecule has 116 valence electrons. The second kappa shape index (κ2) is 7.80. The molecule has 0 aromatic heterocycles. The molecule has 2 unspecified atom stereocenters. The molecular weight excluding hydrogens is 334 g/mol. The number of hydrogen-bond donors (Lipinski definition) is 0. The van der Waals surface area contributed by atoms with Crippen LogP contribution in [0.4, 0.5) is 0 Å².